The van der Waals surface area contributed by atoms with E-state index >= 15 is 0 Å². The molecule has 0 aliphatic heterocycles. The molecule has 3 N–H and O–H groups in total. The lowest BCUT2D eigenvalue weighted by molar-refractivity contribution is -0.147. The zero-order valence-corrected chi connectivity index (χ0v) is 15.0. The Kier molecular flexibility index (Phi) is 5.82. The van der Waals surface area contributed by atoms with E-state index in [4.69, 9.17) is 9.52 Å². The summed E-state index contributed by atoms with van der Waals surface area (Å²) in [6.45, 7) is 5.26. The van der Waals surface area contributed by atoms with Gasteiger partial charge in [-0.05, 0) is 57.0 Å². The Morgan fingerprint density at radius 2 is 1.88 bits per heavy atom. The fourth-order valence-electron chi connectivity index (χ4n) is 2.19. The predicted octanol–water partition coefficient (Wildman–Crippen LogP) is 3.07. The van der Waals surface area contributed by atoms with Crippen LogP contribution in [-0.4, -0.2) is 29.4 Å². The van der Waals surface area contributed by atoms with E-state index in [1.165, 1.54) is 6.26 Å². The number of furan rings is 1. The number of amides is 2. The van der Waals surface area contributed by atoms with Gasteiger partial charge in [0.1, 0.15) is 0 Å². The van der Waals surface area contributed by atoms with E-state index in [0.717, 1.165) is 5.56 Å². The number of carboxylic acid groups (broad SMARTS) is 1. The highest BCUT2D eigenvalue weighted by Crippen LogP contribution is 2.20. The molecule has 7 heteroatoms. The lowest BCUT2D eigenvalue weighted by atomic mass is 9.90. The smallest absolute Gasteiger partial charge is 0.309 e. The Bertz CT molecular complexity index is 809. The van der Waals surface area contributed by atoms with Crippen LogP contribution in [0.25, 0.3) is 0 Å². The van der Waals surface area contributed by atoms with Crippen LogP contribution in [0.2, 0.25) is 0 Å². The Morgan fingerprint density at radius 1 is 1.15 bits per heavy atom. The molecule has 0 radical (unpaired) electrons. The number of carbonyl (C=O) groups is 3. The Hall–Kier alpha value is -3.09. The van der Waals surface area contributed by atoms with Gasteiger partial charge in [0.05, 0.1) is 11.7 Å². The van der Waals surface area contributed by atoms with Crippen molar-refractivity contribution in [2.24, 2.45) is 5.41 Å². The normalized spacial score (nSPS) is 11.0. The number of carbonyl (C=O) groups excluding carboxylic acids is 2. The SMILES string of the molecule is Cc1ccc(C(=O)NCCC(C)(C)C(=O)O)cc1NC(=O)c1ccco1. The van der Waals surface area contributed by atoms with Gasteiger partial charge in [-0.2, -0.15) is 0 Å². The van der Waals surface area contributed by atoms with Gasteiger partial charge in [-0.25, -0.2) is 0 Å². The summed E-state index contributed by atoms with van der Waals surface area (Å²) in [5, 5.41) is 14.5. The van der Waals surface area contributed by atoms with Gasteiger partial charge in [0.15, 0.2) is 5.76 Å². The number of aryl methyl sites for hydroxylation is 1. The highest BCUT2D eigenvalue weighted by Gasteiger charge is 2.26. The van der Waals surface area contributed by atoms with E-state index in [1.807, 2.05) is 6.92 Å². The number of anilines is 1. The summed E-state index contributed by atoms with van der Waals surface area (Å²) >= 11 is 0. The molecule has 0 aliphatic carbocycles. The molecule has 0 saturated carbocycles. The van der Waals surface area contributed by atoms with E-state index in [-0.39, 0.29) is 18.2 Å². The maximum atomic E-state index is 12.3. The molecule has 0 aliphatic rings. The second kappa shape index (κ2) is 7.86. The molecule has 1 aromatic carbocycles. The molecule has 138 valence electrons. The number of nitrogens with one attached hydrogen (secondary N) is 2. The lowest BCUT2D eigenvalue weighted by Crippen LogP contribution is -2.32. The maximum absolute atomic E-state index is 12.3. The Labute approximate surface area is 151 Å². The second-order valence-electron chi connectivity index (χ2n) is 6.66. The molecule has 0 bridgehead atoms. The minimum atomic E-state index is -0.914. The highest BCUT2D eigenvalue weighted by molar-refractivity contribution is 6.03. The number of rotatable bonds is 7. The van der Waals surface area contributed by atoms with Crippen molar-refractivity contribution in [3.8, 4) is 0 Å². The van der Waals surface area contributed by atoms with Crippen LogP contribution in [0, 0.1) is 12.3 Å². The van der Waals surface area contributed by atoms with Gasteiger partial charge in [0.25, 0.3) is 11.8 Å². The molecule has 7 nitrogen and oxygen atoms in total. The summed E-state index contributed by atoms with van der Waals surface area (Å²) in [7, 11) is 0. The summed E-state index contributed by atoms with van der Waals surface area (Å²) in [5.74, 6) is -1.47. The molecule has 0 fully saturated rings. The summed E-state index contributed by atoms with van der Waals surface area (Å²) < 4.78 is 5.05. The van der Waals surface area contributed by atoms with Crippen molar-refractivity contribution >= 4 is 23.5 Å². The fourth-order valence-corrected chi connectivity index (χ4v) is 2.19. The average Bonchev–Trinajstić information content (AvgIpc) is 3.11. The number of hydrogen-bond donors (Lipinski definition) is 3. The van der Waals surface area contributed by atoms with Crippen LogP contribution < -0.4 is 10.6 Å². The number of benzene rings is 1. The number of carboxylic acids is 1. The van der Waals surface area contributed by atoms with E-state index in [0.29, 0.717) is 17.7 Å². The van der Waals surface area contributed by atoms with E-state index in [9.17, 15) is 14.4 Å². The van der Waals surface area contributed by atoms with Crippen LogP contribution in [0.15, 0.2) is 41.0 Å². The fraction of sp³-hybridized carbons (Fsp3) is 0.316. The average molecular weight is 358 g/mol. The van der Waals surface area contributed by atoms with Gasteiger partial charge in [-0.15, -0.1) is 0 Å². The van der Waals surface area contributed by atoms with Gasteiger partial charge >= 0.3 is 5.97 Å². The minimum absolute atomic E-state index is 0.176. The molecule has 0 unspecified atom stereocenters. The van der Waals surface area contributed by atoms with Crippen LogP contribution in [-0.2, 0) is 4.79 Å². The van der Waals surface area contributed by atoms with E-state index < -0.39 is 17.3 Å². The first kappa shape index (κ1) is 19.2. The van der Waals surface area contributed by atoms with Crippen molar-refractivity contribution in [1.29, 1.82) is 0 Å². The minimum Gasteiger partial charge on any atom is -0.481 e. The molecule has 2 amide bonds. The van der Waals surface area contributed by atoms with Crippen LogP contribution in [0.1, 0.15) is 46.7 Å². The van der Waals surface area contributed by atoms with Crippen LogP contribution >= 0.6 is 0 Å². The van der Waals surface area contributed by atoms with Crippen molar-refractivity contribution in [2.45, 2.75) is 27.2 Å². The Morgan fingerprint density at radius 3 is 2.50 bits per heavy atom. The summed E-state index contributed by atoms with van der Waals surface area (Å²) in [6.07, 6.45) is 1.71. The molecule has 0 spiro atoms. The van der Waals surface area contributed by atoms with Crippen molar-refractivity contribution in [1.82, 2.24) is 5.32 Å². The third-order valence-corrected chi connectivity index (χ3v) is 4.11. The lowest BCUT2D eigenvalue weighted by Gasteiger charge is -2.19. The summed E-state index contributed by atoms with van der Waals surface area (Å²) in [5.41, 5.74) is 0.764. The van der Waals surface area contributed by atoms with Gasteiger partial charge in [0.2, 0.25) is 0 Å². The predicted molar refractivity (Wildman–Crippen MR) is 96.2 cm³/mol. The third kappa shape index (κ3) is 4.72. The van der Waals surface area contributed by atoms with E-state index in [1.54, 1.807) is 44.2 Å². The standard InChI is InChI=1S/C19H22N2O5/c1-12-6-7-13(16(22)20-9-8-19(2,3)18(24)25)11-14(12)21-17(23)15-5-4-10-26-15/h4-7,10-11H,8-9H2,1-3H3,(H,20,22)(H,21,23)(H,24,25). The topological polar surface area (TPSA) is 109 Å². The number of hydrogen-bond acceptors (Lipinski definition) is 4. The quantitative estimate of drug-likeness (QED) is 0.705. The third-order valence-electron chi connectivity index (χ3n) is 4.11. The molecular weight excluding hydrogens is 336 g/mol. The molecule has 1 heterocycles. The summed E-state index contributed by atoms with van der Waals surface area (Å²) in [4.78, 5) is 35.5. The van der Waals surface area contributed by atoms with Crippen LogP contribution in [0.3, 0.4) is 0 Å². The first-order chi connectivity index (χ1) is 12.2. The highest BCUT2D eigenvalue weighted by atomic mass is 16.4. The summed E-state index contributed by atoms with van der Waals surface area (Å²) in [6, 6.07) is 8.12. The Balaban J connectivity index is 2.02. The first-order valence-electron chi connectivity index (χ1n) is 8.18. The molecule has 2 rings (SSSR count). The second-order valence-corrected chi connectivity index (χ2v) is 6.66. The van der Waals surface area contributed by atoms with Crippen molar-refractivity contribution in [3.63, 3.8) is 0 Å². The van der Waals surface area contributed by atoms with Crippen LogP contribution in [0.5, 0.6) is 0 Å². The molecule has 1 aromatic heterocycles. The molecule has 0 atom stereocenters. The molecular formula is C19H22N2O5. The van der Waals surface area contributed by atoms with Crippen LogP contribution in [0.4, 0.5) is 5.69 Å². The van der Waals surface area contributed by atoms with Crippen molar-refractivity contribution < 1.29 is 23.9 Å². The largest absolute Gasteiger partial charge is 0.481 e. The zero-order chi connectivity index (χ0) is 19.3. The molecule has 0 saturated heterocycles. The van der Waals surface area contributed by atoms with Crippen molar-refractivity contribution in [3.05, 3.63) is 53.5 Å². The monoisotopic (exact) mass is 358 g/mol. The maximum Gasteiger partial charge on any atom is 0.309 e. The van der Waals surface area contributed by atoms with Gasteiger partial charge in [-0.1, -0.05) is 6.07 Å². The van der Waals surface area contributed by atoms with Gasteiger partial charge in [-0.3, -0.25) is 14.4 Å². The first-order valence-corrected chi connectivity index (χ1v) is 8.18. The number of aliphatic carboxylic acids is 1. The zero-order valence-electron chi connectivity index (χ0n) is 15.0. The van der Waals surface area contributed by atoms with E-state index in [2.05, 4.69) is 10.6 Å². The molecule has 26 heavy (non-hydrogen) atoms. The van der Waals surface area contributed by atoms with Crippen molar-refractivity contribution in [2.75, 3.05) is 11.9 Å². The molecule has 2 aromatic rings. The van der Waals surface area contributed by atoms with Gasteiger partial charge < -0.3 is 20.2 Å². The van der Waals surface area contributed by atoms with Gasteiger partial charge in [0, 0.05) is 17.8 Å².